The van der Waals surface area contributed by atoms with Crippen LogP contribution in [0, 0.1) is 0 Å². The molecule has 5 N–H and O–H groups in total. The van der Waals surface area contributed by atoms with Gasteiger partial charge in [-0.2, -0.15) is 0 Å². The molecule has 27 heavy (non-hydrogen) atoms. The van der Waals surface area contributed by atoms with Crippen LogP contribution < -0.4 is 0 Å². The lowest BCUT2D eigenvalue weighted by Gasteiger charge is -2.23. The fourth-order valence-electron chi connectivity index (χ4n) is 2.85. The summed E-state index contributed by atoms with van der Waals surface area (Å²) in [6.45, 7) is 2.20. The largest absolute Gasteiger partial charge is 0.479 e. The molecule has 0 heterocycles. The van der Waals surface area contributed by atoms with Crippen molar-refractivity contribution in [1.29, 1.82) is 0 Å². The Morgan fingerprint density at radius 1 is 0.741 bits per heavy atom. The van der Waals surface area contributed by atoms with Crippen LogP contribution in [-0.4, -0.2) is 61.7 Å². The van der Waals surface area contributed by atoms with Gasteiger partial charge in [0.25, 0.3) is 0 Å². The molecule has 0 radical (unpaired) electrons. The van der Waals surface area contributed by atoms with E-state index in [4.69, 9.17) is 11.6 Å². The topological polar surface area (TPSA) is 135 Å². The summed E-state index contributed by atoms with van der Waals surface area (Å²) >= 11 is 0. The first-order valence-electron chi connectivity index (χ1n) is 10.7. The third-order valence-corrected chi connectivity index (χ3v) is 4.69. The van der Waals surface area contributed by atoms with Crippen molar-refractivity contribution < 1.29 is 36.5 Å². The predicted octanol–water partition coefficient (Wildman–Crippen LogP) is 2.17. The van der Waals surface area contributed by atoms with Gasteiger partial charge in [0.15, 0.2) is 11.9 Å². The van der Waals surface area contributed by atoms with Gasteiger partial charge in [-0.05, 0) is 6.40 Å². The van der Waals surface area contributed by atoms with E-state index in [1.54, 1.807) is 0 Å². The van der Waals surface area contributed by atoms with Crippen molar-refractivity contribution in [2.75, 3.05) is 0 Å². The number of aliphatic carboxylic acids is 1. The van der Waals surface area contributed by atoms with E-state index in [-0.39, 0.29) is 6.42 Å². The van der Waals surface area contributed by atoms with E-state index in [1.165, 1.54) is 44.9 Å². The number of hydrogen-bond acceptors (Lipinski definition) is 6. The van der Waals surface area contributed by atoms with E-state index in [9.17, 15) is 24.9 Å². The van der Waals surface area contributed by atoms with Gasteiger partial charge in [-0.15, -0.1) is 0 Å². The first-order valence-corrected chi connectivity index (χ1v) is 10.1. The Balaban J connectivity index is 3.92. The van der Waals surface area contributed by atoms with Crippen LogP contribution >= 0.6 is 0 Å². The Labute approximate surface area is 163 Å². The van der Waals surface area contributed by atoms with Crippen molar-refractivity contribution in [3.8, 4) is 0 Å². The van der Waals surface area contributed by atoms with E-state index in [1.807, 2.05) is 0 Å². The Bertz CT molecular complexity index is 433. The number of unbranched alkanes of at least 4 members (excludes halogenated alkanes) is 9. The zero-order chi connectivity index (χ0) is 21.5. The zero-order valence-electron chi connectivity index (χ0n) is 17.4. The van der Waals surface area contributed by atoms with Gasteiger partial charge in [0.1, 0.15) is 18.3 Å². The average molecular weight is 392 g/mol. The number of carbonyl (C=O) groups is 2. The molecule has 0 saturated carbocycles. The lowest BCUT2D eigenvalue weighted by molar-refractivity contribution is -0.165. The number of ketones is 1. The number of carboxylic acid groups (broad SMARTS) is 1. The molecule has 0 aromatic carbocycles. The Hall–Kier alpha value is -1.02. The maximum absolute atomic E-state index is 11.9. The van der Waals surface area contributed by atoms with E-state index in [0.29, 0.717) is 6.42 Å². The third-order valence-electron chi connectivity index (χ3n) is 4.69. The van der Waals surface area contributed by atoms with Crippen LogP contribution in [0.3, 0.4) is 0 Å². The second-order valence-corrected chi connectivity index (χ2v) is 7.14. The van der Waals surface area contributed by atoms with E-state index in [2.05, 4.69) is 6.92 Å². The van der Waals surface area contributed by atoms with E-state index in [0.717, 1.165) is 19.3 Å². The molecule has 0 rings (SSSR count). The van der Waals surface area contributed by atoms with Crippen LogP contribution in [0.1, 0.15) is 91.7 Å². The molecule has 0 bridgehead atoms. The SMILES string of the molecule is [2H]C(CCCCCCCCCCCC)CC(=O)[C@H](O)[C@@H](O)[C@H](O)[C@H](O)C(=O)O. The van der Waals surface area contributed by atoms with Gasteiger partial charge in [0.05, 0.1) is 0 Å². The Kier molecular flexibility index (Phi) is 14.2. The summed E-state index contributed by atoms with van der Waals surface area (Å²) in [5.41, 5.74) is 0. The smallest absolute Gasteiger partial charge is 0.335 e. The number of carboxylic acids is 1. The Morgan fingerprint density at radius 2 is 1.15 bits per heavy atom. The van der Waals surface area contributed by atoms with Gasteiger partial charge < -0.3 is 25.5 Å². The number of hydrogen-bond donors (Lipinski definition) is 5. The zero-order valence-corrected chi connectivity index (χ0v) is 16.4. The average Bonchev–Trinajstić information content (AvgIpc) is 2.66. The molecule has 0 aliphatic carbocycles. The summed E-state index contributed by atoms with van der Waals surface area (Å²) in [6, 6.07) is 0. The van der Waals surface area contributed by atoms with Gasteiger partial charge in [-0.25, -0.2) is 4.79 Å². The van der Waals surface area contributed by atoms with Crippen LogP contribution in [0.25, 0.3) is 0 Å². The van der Waals surface area contributed by atoms with Crippen molar-refractivity contribution in [2.45, 2.75) is 115 Å². The third kappa shape index (κ3) is 12.1. The van der Waals surface area contributed by atoms with Crippen LogP contribution in [0.2, 0.25) is 0 Å². The molecule has 0 aliphatic heterocycles. The maximum atomic E-state index is 11.9. The summed E-state index contributed by atoms with van der Waals surface area (Å²) in [5, 5.41) is 46.6. The first-order chi connectivity index (χ1) is 13.2. The lowest BCUT2D eigenvalue weighted by Crippen LogP contribution is -2.50. The minimum Gasteiger partial charge on any atom is -0.479 e. The Morgan fingerprint density at radius 3 is 1.59 bits per heavy atom. The summed E-state index contributed by atoms with van der Waals surface area (Å²) in [6.07, 6.45) is 2.47. The monoisotopic (exact) mass is 391 g/mol. The molecule has 7 heteroatoms. The van der Waals surface area contributed by atoms with Gasteiger partial charge in [0, 0.05) is 7.79 Å². The number of aliphatic hydroxyl groups excluding tert-OH is 4. The molecular formula is C20H38O7. The van der Waals surface area contributed by atoms with Crippen LogP contribution in [0.4, 0.5) is 0 Å². The van der Waals surface area contributed by atoms with E-state index < -0.39 is 42.6 Å². The van der Waals surface area contributed by atoms with Crippen molar-refractivity contribution >= 4 is 11.8 Å². The van der Waals surface area contributed by atoms with Crippen molar-refractivity contribution in [3.05, 3.63) is 0 Å². The molecule has 0 aliphatic rings. The van der Waals surface area contributed by atoms with Gasteiger partial charge in [0.2, 0.25) is 0 Å². The molecular weight excluding hydrogens is 352 g/mol. The van der Waals surface area contributed by atoms with Crippen molar-refractivity contribution in [3.63, 3.8) is 0 Å². The molecule has 0 saturated heterocycles. The molecule has 0 aromatic rings. The lowest BCUT2D eigenvalue weighted by atomic mass is 9.97. The fraction of sp³-hybridized carbons (Fsp3) is 0.900. The summed E-state index contributed by atoms with van der Waals surface area (Å²) in [5.74, 6) is -2.62. The van der Waals surface area contributed by atoms with Crippen molar-refractivity contribution in [2.24, 2.45) is 0 Å². The highest BCUT2D eigenvalue weighted by molar-refractivity contribution is 5.83. The molecule has 0 aromatic heterocycles. The second-order valence-electron chi connectivity index (χ2n) is 7.14. The molecule has 5 atom stereocenters. The summed E-state index contributed by atoms with van der Waals surface area (Å²) < 4.78 is 7.89. The van der Waals surface area contributed by atoms with Gasteiger partial charge in [-0.3, -0.25) is 4.79 Å². The van der Waals surface area contributed by atoms with Gasteiger partial charge >= 0.3 is 5.97 Å². The quantitative estimate of drug-likeness (QED) is 0.226. The first kappa shape index (κ1) is 24.0. The number of carbonyl (C=O) groups excluding carboxylic acids is 1. The highest BCUT2D eigenvalue weighted by atomic mass is 16.4. The minimum atomic E-state index is -2.31. The summed E-state index contributed by atoms with van der Waals surface area (Å²) in [7, 11) is 0. The standard InChI is InChI=1S/C20H38O7/c1-2-3-4-5-6-7-8-9-10-11-12-13-14-15(21)16(22)17(23)18(24)19(25)20(26)27/h16-19,22-25H,2-14H2,1H3,(H,26,27)/t16-,17+,18-,19-/m0/s1/i13D/t13?,16-,17+,18-,19-. The van der Waals surface area contributed by atoms with Crippen LogP contribution in [0.5, 0.6) is 0 Å². The van der Waals surface area contributed by atoms with Crippen LogP contribution in [-0.2, 0) is 9.59 Å². The predicted molar refractivity (Wildman–Crippen MR) is 102 cm³/mol. The molecule has 0 fully saturated rings. The number of rotatable bonds is 18. The second kappa shape index (κ2) is 16.0. The highest BCUT2D eigenvalue weighted by Gasteiger charge is 2.36. The molecule has 7 nitrogen and oxygen atoms in total. The van der Waals surface area contributed by atoms with Crippen molar-refractivity contribution in [1.82, 2.24) is 0 Å². The molecule has 1 unspecified atom stereocenters. The summed E-state index contributed by atoms with van der Waals surface area (Å²) in [4.78, 5) is 22.5. The molecule has 160 valence electrons. The van der Waals surface area contributed by atoms with Gasteiger partial charge in [-0.1, -0.05) is 77.6 Å². The maximum Gasteiger partial charge on any atom is 0.335 e. The normalized spacial score (nSPS) is 17.6. The van der Waals surface area contributed by atoms with Crippen LogP contribution in [0.15, 0.2) is 0 Å². The number of aliphatic hydroxyl groups is 4. The minimum absolute atomic E-state index is 0.300. The highest BCUT2D eigenvalue weighted by Crippen LogP contribution is 2.14. The van der Waals surface area contributed by atoms with E-state index >= 15 is 0 Å². The fourth-order valence-corrected chi connectivity index (χ4v) is 2.85. The number of Topliss-reactive ketones (excluding diaryl/α,β-unsaturated/α-hetero) is 1. The molecule has 0 amide bonds. The molecule has 0 spiro atoms.